The Balaban J connectivity index is 2.02. The van der Waals surface area contributed by atoms with Crippen LogP contribution in [0.4, 0.5) is 0 Å². The van der Waals surface area contributed by atoms with Crippen molar-refractivity contribution in [1.82, 2.24) is 10.6 Å². The first kappa shape index (κ1) is 25.1. The van der Waals surface area contributed by atoms with Gasteiger partial charge >= 0.3 is 0 Å². The van der Waals surface area contributed by atoms with Crippen LogP contribution in [0.3, 0.4) is 0 Å². The summed E-state index contributed by atoms with van der Waals surface area (Å²) >= 11 is 0. The van der Waals surface area contributed by atoms with Crippen LogP contribution in [0.25, 0.3) is 0 Å². The summed E-state index contributed by atoms with van der Waals surface area (Å²) in [6.07, 6.45) is 0. The lowest BCUT2D eigenvalue weighted by atomic mass is 10.1. The van der Waals surface area contributed by atoms with Crippen molar-refractivity contribution in [3.8, 4) is 23.0 Å². The summed E-state index contributed by atoms with van der Waals surface area (Å²) in [6.45, 7) is 6.83. The molecule has 0 fully saturated rings. The van der Waals surface area contributed by atoms with Gasteiger partial charge in [0.05, 0.1) is 27.9 Å². The molecule has 8 nitrogen and oxygen atoms in total. The molecule has 0 bridgehead atoms. The number of benzene rings is 2. The summed E-state index contributed by atoms with van der Waals surface area (Å²) in [5.41, 5.74) is 3.10. The molecule has 0 amide bonds. The molecule has 2 aromatic carbocycles. The Morgan fingerprint density at radius 2 is 1.47 bits per heavy atom. The van der Waals surface area contributed by atoms with Gasteiger partial charge < -0.3 is 34.3 Å². The number of aliphatic imine (C=N–C) groups is 1. The van der Waals surface area contributed by atoms with Crippen molar-refractivity contribution in [3.05, 3.63) is 47.0 Å². The van der Waals surface area contributed by atoms with E-state index in [0.717, 1.165) is 22.4 Å². The minimum atomic E-state index is 0.495. The van der Waals surface area contributed by atoms with Gasteiger partial charge in [0, 0.05) is 43.9 Å². The number of hydrogen-bond acceptors (Lipinski definition) is 6. The topological polar surface area (TPSA) is 82.6 Å². The second kappa shape index (κ2) is 13.3. The van der Waals surface area contributed by atoms with Gasteiger partial charge in [-0.05, 0) is 31.5 Å². The molecule has 2 N–H and O–H groups in total. The van der Waals surface area contributed by atoms with Crippen LogP contribution in [-0.4, -0.2) is 54.2 Å². The second-order valence-electron chi connectivity index (χ2n) is 6.95. The Hall–Kier alpha value is -3.13. The maximum Gasteiger partial charge on any atom is 0.191 e. The summed E-state index contributed by atoms with van der Waals surface area (Å²) in [7, 11) is 6.57. The molecule has 2 aromatic rings. The van der Waals surface area contributed by atoms with Crippen LogP contribution in [0.15, 0.2) is 35.3 Å². The van der Waals surface area contributed by atoms with E-state index in [1.807, 2.05) is 32.0 Å². The zero-order valence-corrected chi connectivity index (χ0v) is 19.9. The highest BCUT2D eigenvalue weighted by Crippen LogP contribution is 2.34. The average molecular weight is 446 g/mol. The molecular weight excluding hydrogens is 410 g/mol. The SMILES string of the molecule is CCOCCOc1cc(C)ccc1CNC(=NC)NCc1cc(OC)c(OC)cc1OC. The second-order valence-corrected chi connectivity index (χ2v) is 6.95. The molecule has 0 aliphatic rings. The molecule has 2 rings (SSSR count). The Labute approximate surface area is 190 Å². The minimum absolute atomic E-state index is 0.495. The summed E-state index contributed by atoms with van der Waals surface area (Å²) in [5, 5.41) is 6.65. The van der Waals surface area contributed by atoms with Gasteiger partial charge in [-0.2, -0.15) is 0 Å². The lowest BCUT2D eigenvalue weighted by molar-refractivity contribution is 0.110. The average Bonchev–Trinajstić information content (AvgIpc) is 2.82. The maximum absolute atomic E-state index is 5.93. The Kier molecular flexibility index (Phi) is 10.5. The molecule has 0 heterocycles. The molecule has 0 saturated carbocycles. The molecular formula is C24H35N3O5. The van der Waals surface area contributed by atoms with Crippen LogP contribution < -0.4 is 29.6 Å². The lowest BCUT2D eigenvalue weighted by Crippen LogP contribution is -2.36. The van der Waals surface area contributed by atoms with Crippen LogP contribution in [0.2, 0.25) is 0 Å². The van der Waals surface area contributed by atoms with E-state index < -0.39 is 0 Å². The largest absolute Gasteiger partial charge is 0.496 e. The molecule has 176 valence electrons. The van der Waals surface area contributed by atoms with Crippen molar-refractivity contribution in [2.24, 2.45) is 4.99 Å². The number of rotatable bonds is 12. The molecule has 0 aliphatic carbocycles. The highest BCUT2D eigenvalue weighted by molar-refractivity contribution is 5.79. The van der Waals surface area contributed by atoms with Gasteiger partial charge in [-0.25, -0.2) is 0 Å². The zero-order valence-electron chi connectivity index (χ0n) is 19.9. The highest BCUT2D eigenvalue weighted by Gasteiger charge is 2.13. The van der Waals surface area contributed by atoms with Crippen LogP contribution in [-0.2, 0) is 17.8 Å². The number of ether oxygens (including phenoxy) is 5. The summed E-state index contributed by atoms with van der Waals surface area (Å²) in [4.78, 5) is 4.32. The summed E-state index contributed by atoms with van der Waals surface area (Å²) in [6, 6.07) is 9.86. The minimum Gasteiger partial charge on any atom is -0.496 e. The molecule has 0 saturated heterocycles. The smallest absolute Gasteiger partial charge is 0.191 e. The monoisotopic (exact) mass is 445 g/mol. The lowest BCUT2D eigenvalue weighted by Gasteiger charge is -2.17. The van der Waals surface area contributed by atoms with Crippen LogP contribution in [0, 0.1) is 6.92 Å². The van der Waals surface area contributed by atoms with Gasteiger partial charge in [0.25, 0.3) is 0 Å². The van der Waals surface area contributed by atoms with Crippen molar-refractivity contribution in [3.63, 3.8) is 0 Å². The number of nitrogens with one attached hydrogen (secondary N) is 2. The predicted octanol–water partition coefficient (Wildman–Crippen LogP) is 3.30. The quantitative estimate of drug-likeness (QED) is 0.295. The van der Waals surface area contributed by atoms with Crippen LogP contribution in [0.1, 0.15) is 23.6 Å². The fourth-order valence-corrected chi connectivity index (χ4v) is 3.11. The fraction of sp³-hybridized carbons (Fsp3) is 0.458. The third-order valence-corrected chi connectivity index (χ3v) is 4.81. The fourth-order valence-electron chi connectivity index (χ4n) is 3.11. The Morgan fingerprint density at radius 1 is 0.812 bits per heavy atom. The van der Waals surface area contributed by atoms with Crippen molar-refractivity contribution in [1.29, 1.82) is 0 Å². The van der Waals surface area contributed by atoms with E-state index in [-0.39, 0.29) is 0 Å². The van der Waals surface area contributed by atoms with E-state index in [9.17, 15) is 0 Å². The van der Waals surface area contributed by atoms with Gasteiger partial charge in [0.1, 0.15) is 18.1 Å². The number of hydrogen-bond donors (Lipinski definition) is 2. The third kappa shape index (κ3) is 7.23. The van der Waals surface area contributed by atoms with E-state index in [4.69, 9.17) is 23.7 Å². The first-order valence-corrected chi connectivity index (χ1v) is 10.6. The number of methoxy groups -OCH3 is 3. The van der Waals surface area contributed by atoms with E-state index >= 15 is 0 Å². The van der Waals surface area contributed by atoms with Gasteiger partial charge in [-0.3, -0.25) is 4.99 Å². The van der Waals surface area contributed by atoms with E-state index in [0.29, 0.717) is 56.1 Å². The van der Waals surface area contributed by atoms with Gasteiger partial charge in [0.2, 0.25) is 0 Å². The van der Waals surface area contributed by atoms with Gasteiger partial charge in [-0.1, -0.05) is 12.1 Å². The van der Waals surface area contributed by atoms with Gasteiger partial charge in [-0.15, -0.1) is 0 Å². The highest BCUT2D eigenvalue weighted by atomic mass is 16.5. The molecule has 0 aromatic heterocycles. The summed E-state index contributed by atoms with van der Waals surface area (Å²) < 4.78 is 27.6. The third-order valence-electron chi connectivity index (χ3n) is 4.81. The molecule has 0 radical (unpaired) electrons. The number of guanidine groups is 1. The van der Waals surface area contributed by atoms with Crippen molar-refractivity contribution in [2.75, 3.05) is 48.2 Å². The molecule has 32 heavy (non-hydrogen) atoms. The molecule has 0 spiro atoms. The van der Waals surface area contributed by atoms with Crippen LogP contribution >= 0.6 is 0 Å². The number of aryl methyl sites for hydroxylation is 1. The molecule has 8 heteroatoms. The van der Waals surface area contributed by atoms with E-state index in [2.05, 4.69) is 27.8 Å². The summed E-state index contributed by atoms with van der Waals surface area (Å²) in [5.74, 6) is 3.46. The first-order valence-electron chi connectivity index (χ1n) is 10.6. The normalized spacial score (nSPS) is 11.1. The van der Waals surface area contributed by atoms with Crippen LogP contribution in [0.5, 0.6) is 23.0 Å². The van der Waals surface area contributed by atoms with Gasteiger partial charge in [0.15, 0.2) is 17.5 Å². The van der Waals surface area contributed by atoms with E-state index in [1.54, 1.807) is 28.4 Å². The van der Waals surface area contributed by atoms with E-state index in [1.165, 1.54) is 0 Å². The molecule has 0 aliphatic heterocycles. The Bertz CT molecular complexity index is 886. The molecule has 0 atom stereocenters. The maximum atomic E-state index is 5.93. The number of nitrogens with zero attached hydrogens (tertiary/aromatic N) is 1. The standard InChI is InChI=1S/C24H35N3O5/c1-7-31-10-11-32-21-12-17(2)8-9-18(21)15-26-24(25-3)27-16-19-13-22(29-5)23(30-6)14-20(19)28-4/h8-9,12-14H,7,10-11,15-16H2,1-6H3,(H2,25,26,27). The first-order chi connectivity index (χ1) is 15.6. The van der Waals surface area contributed by atoms with Crippen molar-refractivity contribution < 1.29 is 23.7 Å². The Morgan fingerprint density at radius 3 is 2.09 bits per heavy atom. The van der Waals surface area contributed by atoms with Crippen molar-refractivity contribution >= 4 is 5.96 Å². The predicted molar refractivity (Wildman–Crippen MR) is 126 cm³/mol. The van der Waals surface area contributed by atoms with Crippen molar-refractivity contribution in [2.45, 2.75) is 26.9 Å². The molecule has 0 unspecified atom stereocenters. The zero-order chi connectivity index (χ0) is 23.3.